The molecule has 0 bridgehead atoms. The predicted molar refractivity (Wildman–Crippen MR) is 68.3 cm³/mol. The van der Waals surface area contributed by atoms with E-state index in [0.717, 1.165) is 6.54 Å². The summed E-state index contributed by atoms with van der Waals surface area (Å²) in [5, 5.41) is 3.45. The minimum absolute atomic E-state index is 0.680. The molecule has 0 spiro atoms. The first-order valence-corrected chi connectivity index (χ1v) is 6.97. The van der Waals surface area contributed by atoms with Gasteiger partial charge in [-0.15, -0.1) is 0 Å². The third-order valence-corrected chi connectivity index (χ3v) is 3.09. The van der Waals surface area contributed by atoms with Gasteiger partial charge in [0.2, 0.25) is 0 Å². The van der Waals surface area contributed by atoms with E-state index in [1.807, 2.05) is 11.8 Å². The van der Waals surface area contributed by atoms with Crippen LogP contribution < -0.4 is 5.32 Å². The predicted octanol–water partition coefficient (Wildman–Crippen LogP) is 2.06. The van der Waals surface area contributed by atoms with E-state index in [0.29, 0.717) is 6.04 Å². The van der Waals surface area contributed by atoms with E-state index in [2.05, 4.69) is 37.4 Å². The molecular weight excluding hydrogens is 192 g/mol. The zero-order valence-corrected chi connectivity index (χ0v) is 11.0. The molecule has 14 heavy (non-hydrogen) atoms. The third-order valence-electron chi connectivity index (χ3n) is 2.48. The minimum Gasteiger partial charge on any atom is -0.316 e. The van der Waals surface area contributed by atoms with E-state index in [4.69, 9.17) is 0 Å². The Labute approximate surface area is 93.8 Å². The summed E-state index contributed by atoms with van der Waals surface area (Å²) in [6, 6.07) is 0.680. The fourth-order valence-electron chi connectivity index (χ4n) is 1.17. The molecule has 0 fully saturated rings. The Hall–Kier alpha value is 0.270. The summed E-state index contributed by atoms with van der Waals surface area (Å²) in [6.45, 7) is 8.04. The Bertz CT molecular complexity index is 118. The normalized spacial score (nSPS) is 11.6. The SMILES string of the molecule is CSCCNCCCCN(C)C(C)C. The van der Waals surface area contributed by atoms with E-state index in [1.165, 1.54) is 31.7 Å². The molecule has 1 N–H and O–H groups in total. The molecule has 0 aromatic rings. The van der Waals surface area contributed by atoms with Gasteiger partial charge in [0.25, 0.3) is 0 Å². The van der Waals surface area contributed by atoms with E-state index >= 15 is 0 Å². The fraction of sp³-hybridized carbons (Fsp3) is 1.00. The molecular formula is C11H26N2S. The Morgan fingerprint density at radius 1 is 1.21 bits per heavy atom. The lowest BCUT2D eigenvalue weighted by Gasteiger charge is -2.20. The number of rotatable bonds is 9. The average molecular weight is 218 g/mol. The Kier molecular flexibility index (Phi) is 10.0. The van der Waals surface area contributed by atoms with Gasteiger partial charge in [-0.1, -0.05) is 0 Å². The van der Waals surface area contributed by atoms with Crippen molar-refractivity contribution >= 4 is 11.8 Å². The molecule has 0 aliphatic rings. The summed E-state index contributed by atoms with van der Waals surface area (Å²) in [4.78, 5) is 2.40. The lowest BCUT2D eigenvalue weighted by Crippen LogP contribution is -2.28. The lowest BCUT2D eigenvalue weighted by atomic mass is 10.2. The quantitative estimate of drug-likeness (QED) is 0.596. The van der Waals surface area contributed by atoms with Crippen LogP contribution in [0.2, 0.25) is 0 Å². The smallest absolute Gasteiger partial charge is 0.00553 e. The monoisotopic (exact) mass is 218 g/mol. The molecule has 0 saturated carbocycles. The maximum absolute atomic E-state index is 3.45. The van der Waals surface area contributed by atoms with Crippen molar-refractivity contribution in [3.8, 4) is 0 Å². The molecule has 0 amide bonds. The molecule has 2 nitrogen and oxygen atoms in total. The van der Waals surface area contributed by atoms with E-state index in [9.17, 15) is 0 Å². The largest absolute Gasteiger partial charge is 0.316 e. The molecule has 86 valence electrons. The van der Waals surface area contributed by atoms with Crippen molar-refractivity contribution in [2.45, 2.75) is 32.7 Å². The van der Waals surface area contributed by atoms with Crippen molar-refractivity contribution in [2.75, 3.05) is 38.7 Å². The van der Waals surface area contributed by atoms with Gasteiger partial charge in [-0.3, -0.25) is 0 Å². The summed E-state index contributed by atoms with van der Waals surface area (Å²) in [5.41, 5.74) is 0. The van der Waals surface area contributed by atoms with Gasteiger partial charge in [-0.2, -0.15) is 11.8 Å². The molecule has 3 heteroatoms. The van der Waals surface area contributed by atoms with Gasteiger partial charge in [0.1, 0.15) is 0 Å². The highest BCUT2D eigenvalue weighted by Crippen LogP contribution is 1.97. The number of unbranched alkanes of at least 4 members (excludes halogenated alkanes) is 1. The van der Waals surface area contributed by atoms with E-state index < -0.39 is 0 Å². The summed E-state index contributed by atoms with van der Waals surface area (Å²) in [5.74, 6) is 1.23. The standard InChI is InChI=1S/C11H26N2S/c1-11(2)13(3)9-6-5-7-12-8-10-14-4/h11-12H,5-10H2,1-4H3. The molecule has 0 unspecified atom stereocenters. The molecule has 0 aromatic heterocycles. The van der Waals surface area contributed by atoms with Gasteiger partial charge in [0.05, 0.1) is 0 Å². The first-order chi connectivity index (χ1) is 6.68. The molecule has 0 rings (SSSR count). The lowest BCUT2D eigenvalue weighted by molar-refractivity contribution is 0.268. The third kappa shape index (κ3) is 8.85. The maximum atomic E-state index is 3.45. The van der Waals surface area contributed by atoms with Crippen LogP contribution in [-0.2, 0) is 0 Å². The Balaban J connectivity index is 3.06. The van der Waals surface area contributed by atoms with Crippen LogP contribution in [0.25, 0.3) is 0 Å². The van der Waals surface area contributed by atoms with Gasteiger partial charge < -0.3 is 10.2 Å². The highest BCUT2D eigenvalue weighted by atomic mass is 32.2. The van der Waals surface area contributed by atoms with Crippen molar-refractivity contribution in [2.24, 2.45) is 0 Å². The number of nitrogens with zero attached hydrogens (tertiary/aromatic N) is 1. The van der Waals surface area contributed by atoms with Crippen LogP contribution in [-0.4, -0.2) is 49.6 Å². The van der Waals surface area contributed by atoms with Crippen LogP contribution in [0.1, 0.15) is 26.7 Å². The fourth-order valence-corrected chi connectivity index (χ4v) is 1.52. The van der Waals surface area contributed by atoms with Crippen LogP contribution in [0.3, 0.4) is 0 Å². The minimum atomic E-state index is 0.680. The van der Waals surface area contributed by atoms with Crippen LogP contribution in [0.5, 0.6) is 0 Å². The topological polar surface area (TPSA) is 15.3 Å². The van der Waals surface area contributed by atoms with Gasteiger partial charge >= 0.3 is 0 Å². The molecule has 0 radical (unpaired) electrons. The zero-order chi connectivity index (χ0) is 10.8. The number of hydrogen-bond donors (Lipinski definition) is 1. The molecule has 0 aromatic carbocycles. The number of nitrogens with one attached hydrogen (secondary N) is 1. The van der Waals surface area contributed by atoms with Crippen molar-refractivity contribution in [1.29, 1.82) is 0 Å². The second-order valence-corrected chi connectivity index (χ2v) is 5.01. The van der Waals surface area contributed by atoms with Crippen LogP contribution in [0.4, 0.5) is 0 Å². The maximum Gasteiger partial charge on any atom is 0.00553 e. The molecule has 0 aliphatic carbocycles. The van der Waals surface area contributed by atoms with Gasteiger partial charge in [0, 0.05) is 18.3 Å². The van der Waals surface area contributed by atoms with Crippen LogP contribution in [0, 0.1) is 0 Å². The van der Waals surface area contributed by atoms with Crippen molar-refractivity contribution in [3.63, 3.8) is 0 Å². The summed E-state index contributed by atoms with van der Waals surface area (Å²) in [7, 11) is 2.20. The van der Waals surface area contributed by atoms with Crippen LogP contribution >= 0.6 is 11.8 Å². The summed E-state index contributed by atoms with van der Waals surface area (Å²) >= 11 is 1.90. The van der Waals surface area contributed by atoms with Crippen molar-refractivity contribution in [3.05, 3.63) is 0 Å². The molecule has 0 heterocycles. The van der Waals surface area contributed by atoms with Crippen molar-refractivity contribution < 1.29 is 0 Å². The second-order valence-electron chi connectivity index (χ2n) is 4.02. The Morgan fingerprint density at radius 3 is 2.50 bits per heavy atom. The number of thioether (sulfide) groups is 1. The second kappa shape index (κ2) is 9.81. The summed E-state index contributed by atoms with van der Waals surface area (Å²) in [6.07, 6.45) is 4.76. The molecule has 0 atom stereocenters. The summed E-state index contributed by atoms with van der Waals surface area (Å²) < 4.78 is 0. The van der Waals surface area contributed by atoms with Gasteiger partial charge in [-0.05, 0) is 53.1 Å². The number of hydrogen-bond acceptors (Lipinski definition) is 3. The van der Waals surface area contributed by atoms with Gasteiger partial charge in [0.15, 0.2) is 0 Å². The van der Waals surface area contributed by atoms with Crippen LogP contribution in [0.15, 0.2) is 0 Å². The van der Waals surface area contributed by atoms with E-state index in [-0.39, 0.29) is 0 Å². The first-order valence-electron chi connectivity index (χ1n) is 5.58. The highest BCUT2D eigenvalue weighted by molar-refractivity contribution is 7.98. The molecule has 0 aliphatic heterocycles. The first kappa shape index (κ1) is 14.3. The highest BCUT2D eigenvalue weighted by Gasteiger charge is 2.01. The molecule has 0 saturated heterocycles. The van der Waals surface area contributed by atoms with Crippen molar-refractivity contribution in [1.82, 2.24) is 10.2 Å². The van der Waals surface area contributed by atoms with E-state index in [1.54, 1.807) is 0 Å². The Morgan fingerprint density at radius 2 is 1.93 bits per heavy atom. The zero-order valence-electron chi connectivity index (χ0n) is 10.2. The van der Waals surface area contributed by atoms with Gasteiger partial charge in [-0.25, -0.2) is 0 Å². The average Bonchev–Trinajstić information content (AvgIpc) is 2.16.